The minimum Gasteiger partial charge on any atom is -0.464 e. The van der Waals surface area contributed by atoms with E-state index in [0.717, 1.165) is 10.6 Å². The molecule has 3 rings (SSSR count). The summed E-state index contributed by atoms with van der Waals surface area (Å²) in [5.74, 6) is -1.20. The van der Waals surface area contributed by atoms with Gasteiger partial charge in [0, 0.05) is 16.3 Å². The summed E-state index contributed by atoms with van der Waals surface area (Å²) in [4.78, 5) is 32.5. The van der Waals surface area contributed by atoms with Crippen molar-refractivity contribution in [3.8, 4) is 10.6 Å². The van der Waals surface area contributed by atoms with E-state index in [1.54, 1.807) is 11.3 Å². The fraction of sp³-hybridized carbons (Fsp3) is 0.286. The van der Waals surface area contributed by atoms with Crippen molar-refractivity contribution in [1.82, 2.24) is 4.98 Å². The lowest BCUT2D eigenvalue weighted by molar-refractivity contribution is -0.156. The number of thiazole rings is 1. The fourth-order valence-corrected chi connectivity index (χ4v) is 3.39. The second kappa shape index (κ2) is 6.88. The van der Waals surface area contributed by atoms with Crippen LogP contribution in [0, 0.1) is 0 Å². The molecule has 120 valence electrons. The lowest BCUT2D eigenvalue weighted by atomic mass is 10.2. The number of nitrogens with zero attached hydrogens (tertiary/aromatic N) is 2. The molecule has 0 bridgehead atoms. The molecule has 1 aliphatic rings. The van der Waals surface area contributed by atoms with Gasteiger partial charge < -0.3 is 14.3 Å². The zero-order chi connectivity index (χ0) is 16.2. The normalized spacial score (nSPS) is 16.6. The van der Waals surface area contributed by atoms with Crippen LogP contribution in [0.15, 0.2) is 27.4 Å². The summed E-state index contributed by atoms with van der Waals surface area (Å²) in [5, 5.41) is 10.2. The molecule has 1 aliphatic heterocycles. The van der Waals surface area contributed by atoms with Gasteiger partial charge in [-0.3, -0.25) is 0 Å². The van der Waals surface area contributed by atoms with Gasteiger partial charge in [-0.25, -0.2) is 14.6 Å². The second-order valence-corrected chi connectivity index (χ2v) is 6.23. The van der Waals surface area contributed by atoms with Crippen molar-refractivity contribution >= 4 is 40.3 Å². The molecule has 23 heavy (non-hydrogen) atoms. The van der Waals surface area contributed by atoms with Gasteiger partial charge in [0.15, 0.2) is 5.71 Å². The van der Waals surface area contributed by atoms with Crippen molar-refractivity contribution in [3.63, 3.8) is 0 Å². The number of hydrogen-bond donors (Lipinski definition) is 0. The lowest BCUT2D eigenvalue weighted by Gasteiger charge is -2.07. The van der Waals surface area contributed by atoms with Gasteiger partial charge in [0.1, 0.15) is 11.6 Å². The zero-order valence-electron chi connectivity index (χ0n) is 12.1. The summed E-state index contributed by atoms with van der Waals surface area (Å²) >= 11 is 3.08. The minimum atomic E-state index is -0.918. The van der Waals surface area contributed by atoms with Crippen LogP contribution in [-0.4, -0.2) is 35.8 Å². The van der Waals surface area contributed by atoms with E-state index in [2.05, 4.69) is 14.9 Å². The van der Waals surface area contributed by atoms with Crippen LogP contribution in [0.25, 0.3) is 10.6 Å². The third-order valence-electron chi connectivity index (χ3n) is 3.03. The molecule has 0 fully saturated rings. The first-order chi connectivity index (χ1) is 11.2. The van der Waals surface area contributed by atoms with Crippen LogP contribution in [0.1, 0.15) is 12.1 Å². The van der Waals surface area contributed by atoms with Crippen molar-refractivity contribution in [2.24, 2.45) is 5.16 Å². The number of rotatable bonds is 5. The summed E-state index contributed by atoms with van der Waals surface area (Å²) in [6.45, 7) is 0.0485. The molecule has 0 aliphatic carbocycles. The standard InChI is InChI=1S/C14H12N2O5S2/c1-19-13(17)10-4-11(21-16-10)14(18)20-5-9-7-23-12(15-9)8-2-3-22-6-8/h2-3,6-7,11H,4-5H2,1H3/t11-/m0/s1. The minimum absolute atomic E-state index is 0.0444. The number of thiophene rings is 1. The Morgan fingerprint density at radius 1 is 1.43 bits per heavy atom. The van der Waals surface area contributed by atoms with E-state index in [-0.39, 0.29) is 18.7 Å². The molecule has 0 saturated carbocycles. The topological polar surface area (TPSA) is 87.1 Å². The van der Waals surface area contributed by atoms with E-state index in [9.17, 15) is 9.59 Å². The molecular weight excluding hydrogens is 340 g/mol. The first kappa shape index (κ1) is 15.6. The summed E-state index contributed by atoms with van der Waals surface area (Å²) < 4.78 is 9.68. The summed E-state index contributed by atoms with van der Waals surface area (Å²) in [7, 11) is 1.24. The number of oxime groups is 1. The average molecular weight is 352 g/mol. The van der Waals surface area contributed by atoms with Crippen LogP contribution < -0.4 is 0 Å². The maximum Gasteiger partial charge on any atom is 0.355 e. The second-order valence-electron chi connectivity index (χ2n) is 4.59. The van der Waals surface area contributed by atoms with Gasteiger partial charge in [-0.15, -0.1) is 11.3 Å². The molecule has 0 unspecified atom stereocenters. The highest BCUT2D eigenvalue weighted by Crippen LogP contribution is 2.26. The van der Waals surface area contributed by atoms with E-state index in [4.69, 9.17) is 9.57 Å². The molecular formula is C14H12N2O5S2. The Bertz CT molecular complexity index is 738. The number of methoxy groups -OCH3 is 1. The van der Waals surface area contributed by atoms with Gasteiger partial charge in [-0.2, -0.15) is 11.3 Å². The van der Waals surface area contributed by atoms with Crippen molar-refractivity contribution in [2.45, 2.75) is 19.1 Å². The Balaban J connectivity index is 1.51. The Morgan fingerprint density at radius 3 is 3.04 bits per heavy atom. The number of ether oxygens (including phenoxy) is 2. The van der Waals surface area contributed by atoms with E-state index < -0.39 is 18.0 Å². The highest BCUT2D eigenvalue weighted by atomic mass is 32.1. The van der Waals surface area contributed by atoms with Gasteiger partial charge in [0.25, 0.3) is 0 Å². The predicted molar refractivity (Wildman–Crippen MR) is 84.2 cm³/mol. The summed E-state index contributed by atoms with van der Waals surface area (Å²) in [5.41, 5.74) is 1.78. The highest BCUT2D eigenvalue weighted by Gasteiger charge is 2.33. The van der Waals surface area contributed by atoms with Crippen LogP contribution in [-0.2, 0) is 30.5 Å². The molecule has 7 nitrogen and oxygen atoms in total. The molecule has 0 amide bonds. The number of hydrogen-bond acceptors (Lipinski definition) is 9. The van der Waals surface area contributed by atoms with Gasteiger partial charge >= 0.3 is 11.9 Å². The third kappa shape index (κ3) is 3.57. The van der Waals surface area contributed by atoms with Crippen LogP contribution >= 0.6 is 22.7 Å². The Hall–Kier alpha value is -2.26. The van der Waals surface area contributed by atoms with Gasteiger partial charge in [-0.1, -0.05) is 5.16 Å². The summed E-state index contributed by atoms with van der Waals surface area (Å²) in [6.07, 6.45) is -0.873. The smallest absolute Gasteiger partial charge is 0.355 e. The quantitative estimate of drug-likeness (QED) is 0.767. The SMILES string of the molecule is COC(=O)C1=NO[C@H](C(=O)OCc2csc(-c3ccsc3)n2)C1. The molecule has 3 heterocycles. The lowest BCUT2D eigenvalue weighted by Crippen LogP contribution is -2.25. The largest absolute Gasteiger partial charge is 0.464 e. The molecule has 1 atom stereocenters. The molecule has 0 spiro atoms. The Morgan fingerprint density at radius 2 is 2.30 bits per heavy atom. The van der Waals surface area contributed by atoms with E-state index >= 15 is 0 Å². The number of aromatic nitrogens is 1. The highest BCUT2D eigenvalue weighted by molar-refractivity contribution is 7.14. The van der Waals surface area contributed by atoms with E-state index in [1.165, 1.54) is 18.4 Å². The molecule has 0 N–H and O–H groups in total. The van der Waals surface area contributed by atoms with Crippen LogP contribution in [0.2, 0.25) is 0 Å². The number of carbonyl (C=O) groups excluding carboxylic acids is 2. The van der Waals surface area contributed by atoms with Crippen molar-refractivity contribution in [3.05, 3.63) is 27.9 Å². The van der Waals surface area contributed by atoms with Gasteiger partial charge in [0.05, 0.1) is 19.2 Å². The molecule has 0 saturated heterocycles. The van der Waals surface area contributed by atoms with E-state index in [1.807, 2.05) is 22.2 Å². The predicted octanol–water partition coefficient (Wildman–Crippen LogP) is 2.23. The summed E-state index contributed by atoms with van der Waals surface area (Å²) in [6, 6.07) is 1.98. The maximum absolute atomic E-state index is 11.9. The van der Waals surface area contributed by atoms with Crippen molar-refractivity contribution < 1.29 is 23.9 Å². The molecule has 9 heteroatoms. The van der Waals surface area contributed by atoms with E-state index in [0.29, 0.717) is 5.69 Å². The first-order valence-corrected chi connectivity index (χ1v) is 8.44. The molecule has 2 aromatic heterocycles. The first-order valence-electron chi connectivity index (χ1n) is 6.62. The van der Waals surface area contributed by atoms with Gasteiger partial charge in [0.2, 0.25) is 6.10 Å². The molecule has 2 aromatic rings. The zero-order valence-corrected chi connectivity index (χ0v) is 13.7. The fourth-order valence-electron chi connectivity index (χ4n) is 1.87. The van der Waals surface area contributed by atoms with Crippen molar-refractivity contribution in [2.75, 3.05) is 7.11 Å². The Labute approximate surface area is 139 Å². The van der Waals surface area contributed by atoms with Crippen molar-refractivity contribution in [1.29, 1.82) is 0 Å². The molecule has 0 radical (unpaired) electrons. The van der Waals surface area contributed by atoms with Crippen LogP contribution in [0.4, 0.5) is 0 Å². The average Bonchev–Trinajstić information content (AvgIpc) is 3.32. The number of esters is 2. The monoisotopic (exact) mass is 352 g/mol. The third-order valence-corrected chi connectivity index (χ3v) is 4.66. The maximum atomic E-state index is 11.9. The Kier molecular flexibility index (Phi) is 4.68. The van der Waals surface area contributed by atoms with Gasteiger partial charge in [-0.05, 0) is 11.4 Å². The molecule has 0 aromatic carbocycles. The number of carbonyl (C=O) groups is 2. The van der Waals surface area contributed by atoms with Crippen LogP contribution in [0.3, 0.4) is 0 Å². The van der Waals surface area contributed by atoms with Crippen LogP contribution in [0.5, 0.6) is 0 Å².